The normalized spacial score (nSPS) is 19.4. The van der Waals surface area contributed by atoms with E-state index < -0.39 is 6.43 Å². The Hall–Kier alpha value is -4.04. The van der Waals surface area contributed by atoms with Gasteiger partial charge in [-0.25, -0.2) is 8.78 Å². The van der Waals surface area contributed by atoms with Crippen molar-refractivity contribution >= 4 is 22.9 Å². The Morgan fingerprint density at radius 1 is 0.957 bits per heavy atom. The molecular formula is C41H43F2N3. The minimum atomic E-state index is -2.44. The summed E-state index contributed by atoms with van der Waals surface area (Å²) < 4.78 is 26.7. The molecule has 2 fully saturated rings. The predicted molar refractivity (Wildman–Crippen MR) is 183 cm³/mol. The Bertz CT molecular complexity index is 1770. The molecular weight excluding hydrogens is 572 g/mol. The Labute approximate surface area is 272 Å². The number of fused-ring (bicyclic) bond motifs is 1. The van der Waals surface area contributed by atoms with Gasteiger partial charge in [0.25, 0.3) is 6.43 Å². The minimum absolute atomic E-state index is 0.0929. The smallest absolute Gasteiger partial charge is 0.263 e. The Morgan fingerprint density at radius 2 is 1.65 bits per heavy atom. The van der Waals surface area contributed by atoms with Gasteiger partial charge in [0.15, 0.2) is 0 Å². The van der Waals surface area contributed by atoms with Gasteiger partial charge in [-0.15, -0.1) is 0 Å². The fraction of sp³-hybridized carbons (Fsp3) is 0.415. The van der Waals surface area contributed by atoms with Crippen LogP contribution < -0.4 is 4.90 Å². The summed E-state index contributed by atoms with van der Waals surface area (Å²) in [5, 5.41) is 9.30. The average Bonchev–Trinajstić information content (AvgIpc) is 3.86. The van der Waals surface area contributed by atoms with Crippen molar-refractivity contribution in [3.63, 3.8) is 0 Å². The zero-order valence-corrected chi connectivity index (χ0v) is 27.3. The van der Waals surface area contributed by atoms with Crippen LogP contribution in [0.5, 0.6) is 0 Å². The van der Waals surface area contributed by atoms with Crippen molar-refractivity contribution in [3.05, 3.63) is 111 Å². The Kier molecular flexibility index (Phi) is 8.17. The van der Waals surface area contributed by atoms with Gasteiger partial charge in [0.1, 0.15) is 0 Å². The number of hydrogen-bond donors (Lipinski definition) is 0. The number of aromatic nitrogens is 1. The molecule has 3 aromatic rings. The lowest BCUT2D eigenvalue weighted by Gasteiger charge is -2.38. The molecule has 1 saturated heterocycles. The fourth-order valence-electron chi connectivity index (χ4n) is 8.81. The van der Waals surface area contributed by atoms with E-state index in [1.165, 1.54) is 50.4 Å². The van der Waals surface area contributed by atoms with Gasteiger partial charge < -0.3 is 4.90 Å². The molecule has 46 heavy (non-hydrogen) atoms. The molecule has 0 N–H and O–H groups in total. The highest BCUT2D eigenvalue weighted by Gasteiger charge is 2.56. The van der Waals surface area contributed by atoms with Crippen LogP contribution in [0.1, 0.15) is 111 Å². The molecule has 5 heteroatoms. The van der Waals surface area contributed by atoms with Crippen LogP contribution >= 0.6 is 0 Å². The number of pyridine rings is 1. The molecule has 0 unspecified atom stereocenters. The molecule has 236 valence electrons. The fourth-order valence-corrected chi connectivity index (χ4v) is 8.81. The predicted octanol–water partition coefficient (Wildman–Crippen LogP) is 10.5. The van der Waals surface area contributed by atoms with Crippen LogP contribution in [0.2, 0.25) is 0 Å². The molecule has 0 radical (unpaired) electrons. The van der Waals surface area contributed by atoms with Crippen LogP contribution in [0, 0.1) is 22.7 Å². The maximum absolute atomic E-state index is 13.3. The molecule has 3 aliphatic carbocycles. The van der Waals surface area contributed by atoms with Crippen molar-refractivity contribution in [2.24, 2.45) is 11.3 Å². The first-order chi connectivity index (χ1) is 22.4. The second-order valence-electron chi connectivity index (χ2n) is 13.6. The van der Waals surface area contributed by atoms with Gasteiger partial charge in [0.05, 0.1) is 17.3 Å². The highest BCUT2D eigenvalue weighted by Crippen LogP contribution is 2.69. The van der Waals surface area contributed by atoms with Crippen LogP contribution in [-0.4, -0.2) is 18.1 Å². The molecule has 1 saturated carbocycles. The largest absolute Gasteiger partial charge is 0.371 e. The van der Waals surface area contributed by atoms with E-state index in [1.807, 2.05) is 24.3 Å². The highest BCUT2D eigenvalue weighted by atomic mass is 19.3. The van der Waals surface area contributed by atoms with Gasteiger partial charge in [-0.3, -0.25) is 4.98 Å². The summed E-state index contributed by atoms with van der Waals surface area (Å²) in [6.45, 7) is 8.82. The van der Waals surface area contributed by atoms with Crippen molar-refractivity contribution in [1.29, 1.82) is 5.26 Å². The molecule has 1 aliphatic heterocycles. The first kappa shape index (κ1) is 30.6. The van der Waals surface area contributed by atoms with Crippen molar-refractivity contribution in [3.8, 4) is 6.07 Å². The van der Waals surface area contributed by atoms with Gasteiger partial charge in [-0.1, -0.05) is 55.8 Å². The van der Waals surface area contributed by atoms with E-state index in [-0.39, 0.29) is 11.0 Å². The second-order valence-corrected chi connectivity index (χ2v) is 13.6. The third-order valence-corrected chi connectivity index (χ3v) is 11.1. The summed E-state index contributed by atoms with van der Waals surface area (Å²) >= 11 is 0. The zero-order valence-electron chi connectivity index (χ0n) is 27.3. The van der Waals surface area contributed by atoms with Crippen LogP contribution in [0.3, 0.4) is 0 Å². The number of allylic oxidation sites excluding steroid dienone is 5. The number of nitriles is 1. The number of anilines is 1. The number of aryl methyl sites for hydroxylation is 2. The number of alkyl halides is 2. The van der Waals surface area contributed by atoms with E-state index in [4.69, 9.17) is 4.98 Å². The first-order valence-electron chi connectivity index (χ1n) is 17.2. The SMILES string of the molecule is CCC1=C(C2CCN(c3c(CC)cnc4c3C=C(c3ccc(C#N)cc3)CCC4)CC2)C2(CC2)C(c2ccc(C(F)F)cc2)=C1C. The molecule has 0 amide bonds. The molecule has 2 heterocycles. The van der Waals surface area contributed by atoms with Crippen molar-refractivity contribution in [2.75, 3.05) is 18.0 Å². The standard InChI is InChI=1S/C41H43F2N3/c1-4-28-25-45-36-8-6-7-33(29-11-9-27(24-44)10-12-29)23-35(36)39(28)46-21-17-31(18-22-46)38-34(5-2)26(3)37(41(38)19-20-41)30-13-15-32(16-14-30)40(42)43/h9-16,23,25,31,40H,4-8,17-22H2,1-3H3. The van der Waals surface area contributed by atoms with E-state index in [0.717, 1.165) is 76.4 Å². The lowest BCUT2D eigenvalue weighted by atomic mass is 9.76. The van der Waals surface area contributed by atoms with E-state index in [0.29, 0.717) is 11.5 Å². The van der Waals surface area contributed by atoms with E-state index in [9.17, 15) is 14.0 Å². The Balaban J connectivity index is 1.17. The highest BCUT2D eigenvalue weighted by molar-refractivity contribution is 5.88. The molecule has 4 aliphatic rings. The van der Waals surface area contributed by atoms with Crippen molar-refractivity contribution in [1.82, 2.24) is 4.98 Å². The number of nitrogens with zero attached hydrogens (tertiary/aromatic N) is 3. The maximum Gasteiger partial charge on any atom is 0.263 e. The lowest BCUT2D eigenvalue weighted by Crippen LogP contribution is -2.36. The third-order valence-electron chi connectivity index (χ3n) is 11.1. The Morgan fingerprint density at radius 3 is 2.26 bits per heavy atom. The van der Waals surface area contributed by atoms with Gasteiger partial charge in [0.2, 0.25) is 0 Å². The molecule has 2 aromatic carbocycles. The quantitative estimate of drug-likeness (QED) is 0.265. The third kappa shape index (κ3) is 5.20. The van der Waals surface area contributed by atoms with Crippen LogP contribution in [0.25, 0.3) is 17.2 Å². The van der Waals surface area contributed by atoms with E-state index >= 15 is 0 Å². The lowest BCUT2D eigenvalue weighted by molar-refractivity contribution is 0.151. The second kappa shape index (κ2) is 12.3. The van der Waals surface area contributed by atoms with Gasteiger partial charge in [0, 0.05) is 41.5 Å². The van der Waals surface area contributed by atoms with Crippen LogP contribution in [-0.2, 0) is 12.8 Å². The summed E-state index contributed by atoms with van der Waals surface area (Å²) in [5.74, 6) is 0.539. The first-order valence-corrected chi connectivity index (χ1v) is 17.2. The number of benzene rings is 2. The average molecular weight is 616 g/mol. The summed E-state index contributed by atoms with van der Waals surface area (Å²) in [6.07, 6.45) is 11.6. The molecule has 3 nitrogen and oxygen atoms in total. The molecule has 7 rings (SSSR count). The van der Waals surface area contributed by atoms with Crippen molar-refractivity contribution in [2.45, 2.75) is 85.0 Å². The minimum Gasteiger partial charge on any atom is -0.371 e. The monoisotopic (exact) mass is 615 g/mol. The topological polar surface area (TPSA) is 39.9 Å². The van der Waals surface area contributed by atoms with E-state index in [2.05, 4.69) is 56.1 Å². The number of halogens is 2. The molecule has 0 bridgehead atoms. The van der Waals surface area contributed by atoms with Crippen LogP contribution in [0.15, 0.2) is 71.4 Å². The molecule has 1 aromatic heterocycles. The summed E-state index contributed by atoms with van der Waals surface area (Å²) in [4.78, 5) is 7.62. The summed E-state index contributed by atoms with van der Waals surface area (Å²) in [5.41, 5.74) is 15.6. The van der Waals surface area contributed by atoms with Gasteiger partial charge in [-0.05, 0) is 128 Å². The van der Waals surface area contributed by atoms with Crippen molar-refractivity contribution < 1.29 is 8.78 Å². The van der Waals surface area contributed by atoms with Gasteiger partial charge in [-0.2, -0.15) is 5.26 Å². The number of hydrogen-bond acceptors (Lipinski definition) is 3. The van der Waals surface area contributed by atoms with Crippen LogP contribution in [0.4, 0.5) is 14.5 Å². The number of rotatable bonds is 7. The van der Waals surface area contributed by atoms with Gasteiger partial charge >= 0.3 is 0 Å². The summed E-state index contributed by atoms with van der Waals surface area (Å²) in [6, 6.07) is 17.3. The zero-order chi connectivity index (χ0) is 32.0. The molecule has 0 atom stereocenters. The molecule has 1 spiro atoms. The number of piperidine rings is 1. The summed E-state index contributed by atoms with van der Waals surface area (Å²) in [7, 11) is 0. The maximum atomic E-state index is 13.3. The van der Waals surface area contributed by atoms with E-state index in [1.54, 1.807) is 17.7 Å².